The SMILES string of the molecule is CC.CC.CN(C(=O)c1ccc(-c2ccccc2)s1)c1ccccc1. The molecule has 0 unspecified atom stereocenters. The molecule has 1 aromatic heterocycles. The molecule has 25 heavy (non-hydrogen) atoms. The number of hydrogen-bond donors (Lipinski definition) is 0. The topological polar surface area (TPSA) is 20.3 Å². The molecule has 0 aliphatic rings. The fraction of sp³-hybridized carbons (Fsp3) is 0.227. The van der Waals surface area contributed by atoms with Crippen LogP contribution in [0.15, 0.2) is 72.8 Å². The van der Waals surface area contributed by atoms with E-state index in [2.05, 4.69) is 12.1 Å². The molecule has 2 aromatic carbocycles. The van der Waals surface area contributed by atoms with Gasteiger partial charge in [-0.25, -0.2) is 0 Å². The van der Waals surface area contributed by atoms with Crippen LogP contribution >= 0.6 is 11.3 Å². The highest BCUT2D eigenvalue weighted by molar-refractivity contribution is 7.17. The number of para-hydroxylation sites is 1. The fourth-order valence-electron chi connectivity index (χ4n) is 2.14. The van der Waals surface area contributed by atoms with Gasteiger partial charge in [0, 0.05) is 17.6 Å². The molecule has 3 aromatic rings. The number of anilines is 1. The summed E-state index contributed by atoms with van der Waals surface area (Å²) in [5.74, 6) is 0.0216. The molecule has 0 aliphatic carbocycles. The molecule has 0 radical (unpaired) electrons. The van der Waals surface area contributed by atoms with Crippen LogP contribution < -0.4 is 4.90 Å². The summed E-state index contributed by atoms with van der Waals surface area (Å²) in [6.45, 7) is 8.00. The number of nitrogens with zero attached hydrogens (tertiary/aromatic N) is 1. The Kier molecular flexibility index (Phi) is 9.26. The van der Waals surface area contributed by atoms with E-state index in [0.717, 1.165) is 21.0 Å². The highest BCUT2D eigenvalue weighted by Gasteiger charge is 2.15. The van der Waals surface area contributed by atoms with Crippen molar-refractivity contribution in [3.63, 3.8) is 0 Å². The van der Waals surface area contributed by atoms with Gasteiger partial charge in [0.1, 0.15) is 0 Å². The number of benzene rings is 2. The lowest BCUT2D eigenvalue weighted by atomic mass is 10.2. The second kappa shape index (κ2) is 11.2. The van der Waals surface area contributed by atoms with Crippen molar-refractivity contribution in [2.24, 2.45) is 0 Å². The molecule has 1 amide bonds. The summed E-state index contributed by atoms with van der Waals surface area (Å²) in [7, 11) is 1.81. The third kappa shape index (κ3) is 5.57. The average Bonchev–Trinajstić information content (AvgIpc) is 3.21. The number of rotatable bonds is 3. The summed E-state index contributed by atoms with van der Waals surface area (Å²) < 4.78 is 0. The molecule has 0 spiro atoms. The maximum Gasteiger partial charge on any atom is 0.268 e. The number of hydrogen-bond acceptors (Lipinski definition) is 2. The van der Waals surface area contributed by atoms with E-state index in [-0.39, 0.29) is 5.91 Å². The lowest BCUT2D eigenvalue weighted by Crippen LogP contribution is -2.25. The molecule has 0 N–H and O–H groups in total. The van der Waals surface area contributed by atoms with Gasteiger partial charge >= 0.3 is 0 Å². The molecule has 1 heterocycles. The predicted molar refractivity (Wildman–Crippen MR) is 112 cm³/mol. The Morgan fingerprint density at radius 3 is 1.84 bits per heavy atom. The lowest BCUT2D eigenvalue weighted by Gasteiger charge is -2.16. The molecule has 0 bridgehead atoms. The van der Waals surface area contributed by atoms with Crippen LogP contribution in [0.2, 0.25) is 0 Å². The van der Waals surface area contributed by atoms with E-state index in [0.29, 0.717) is 0 Å². The number of thiophene rings is 1. The molecule has 2 nitrogen and oxygen atoms in total. The summed E-state index contributed by atoms with van der Waals surface area (Å²) in [4.78, 5) is 16.1. The smallest absolute Gasteiger partial charge is 0.268 e. The highest BCUT2D eigenvalue weighted by atomic mass is 32.1. The first-order chi connectivity index (χ1) is 12.3. The summed E-state index contributed by atoms with van der Waals surface area (Å²) in [5, 5.41) is 0. The maximum absolute atomic E-state index is 12.5. The minimum absolute atomic E-state index is 0.0216. The zero-order valence-electron chi connectivity index (χ0n) is 15.7. The Morgan fingerprint density at radius 1 is 0.760 bits per heavy atom. The Bertz CT molecular complexity index is 735. The number of carbonyl (C=O) groups is 1. The normalized spacial score (nSPS) is 9.16. The van der Waals surface area contributed by atoms with Crippen molar-refractivity contribution in [1.82, 2.24) is 0 Å². The van der Waals surface area contributed by atoms with Gasteiger partial charge in [-0.15, -0.1) is 11.3 Å². The van der Waals surface area contributed by atoms with Gasteiger partial charge in [0.05, 0.1) is 4.88 Å². The van der Waals surface area contributed by atoms with Gasteiger partial charge in [0.15, 0.2) is 0 Å². The van der Waals surface area contributed by atoms with Crippen molar-refractivity contribution in [3.05, 3.63) is 77.7 Å². The van der Waals surface area contributed by atoms with Crippen molar-refractivity contribution >= 4 is 22.9 Å². The van der Waals surface area contributed by atoms with Crippen LogP contribution in [0.5, 0.6) is 0 Å². The quantitative estimate of drug-likeness (QED) is 0.510. The van der Waals surface area contributed by atoms with Crippen LogP contribution in [0, 0.1) is 0 Å². The van der Waals surface area contributed by atoms with E-state index in [1.807, 2.05) is 88.4 Å². The first-order valence-corrected chi connectivity index (χ1v) is 9.56. The van der Waals surface area contributed by atoms with E-state index in [1.165, 1.54) is 11.3 Å². The molecular formula is C22H27NOS. The Morgan fingerprint density at radius 2 is 1.28 bits per heavy atom. The van der Waals surface area contributed by atoms with Crippen molar-refractivity contribution < 1.29 is 4.79 Å². The van der Waals surface area contributed by atoms with Gasteiger partial charge in [-0.05, 0) is 29.8 Å². The minimum atomic E-state index is 0.0216. The standard InChI is InChI=1S/C18H15NOS.2C2H6/c1-19(15-10-6-3-7-11-15)18(20)17-13-12-16(21-17)14-8-4-2-5-9-14;2*1-2/h2-13H,1H3;2*1-2H3. The monoisotopic (exact) mass is 353 g/mol. The zero-order valence-corrected chi connectivity index (χ0v) is 16.5. The average molecular weight is 354 g/mol. The predicted octanol–water partition coefficient (Wildman–Crippen LogP) is 6.74. The van der Waals surface area contributed by atoms with Crippen LogP contribution in [-0.2, 0) is 0 Å². The summed E-state index contributed by atoms with van der Waals surface area (Å²) in [6, 6.07) is 23.7. The van der Waals surface area contributed by atoms with Crippen LogP contribution in [-0.4, -0.2) is 13.0 Å². The summed E-state index contributed by atoms with van der Waals surface area (Å²) in [5.41, 5.74) is 2.04. The van der Waals surface area contributed by atoms with Crippen molar-refractivity contribution in [2.45, 2.75) is 27.7 Å². The summed E-state index contributed by atoms with van der Waals surface area (Å²) in [6.07, 6.45) is 0. The molecule has 0 fully saturated rings. The third-order valence-corrected chi connectivity index (χ3v) is 4.45. The van der Waals surface area contributed by atoms with E-state index < -0.39 is 0 Å². The Balaban J connectivity index is 0.000000730. The van der Waals surface area contributed by atoms with Crippen molar-refractivity contribution in [2.75, 3.05) is 11.9 Å². The zero-order chi connectivity index (χ0) is 18.7. The van der Waals surface area contributed by atoms with Crippen molar-refractivity contribution in [1.29, 1.82) is 0 Å². The number of amides is 1. The number of carbonyl (C=O) groups excluding carboxylic acids is 1. The molecule has 0 atom stereocenters. The molecule has 3 rings (SSSR count). The largest absolute Gasteiger partial charge is 0.311 e. The molecule has 132 valence electrons. The second-order valence-corrected chi connectivity index (χ2v) is 5.81. The van der Waals surface area contributed by atoms with E-state index >= 15 is 0 Å². The van der Waals surface area contributed by atoms with Crippen LogP contribution in [0.4, 0.5) is 5.69 Å². The van der Waals surface area contributed by atoms with Gasteiger partial charge in [0.25, 0.3) is 5.91 Å². The highest BCUT2D eigenvalue weighted by Crippen LogP contribution is 2.29. The molecule has 0 aliphatic heterocycles. The van der Waals surface area contributed by atoms with Gasteiger partial charge in [-0.3, -0.25) is 4.79 Å². The van der Waals surface area contributed by atoms with Crippen LogP contribution in [0.25, 0.3) is 10.4 Å². The molecule has 0 saturated carbocycles. The third-order valence-electron chi connectivity index (χ3n) is 3.32. The fourth-order valence-corrected chi connectivity index (χ4v) is 3.13. The first kappa shape index (κ1) is 20.7. The van der Waals surface area contributed by atoms with E-state index in [1.54, 1.807) is 11.9 Å². The Hall–Kier alpha value is -2.39. The van der Waals surface area contributed by atoms with Crippen LogP contribution in [0.1, 0.15) is 37.4 Å². The summed E-state index contributed by atoms with van der Waals surface area (Å²) >= 11 is 1.53. The second-order valence-electron chi connectivity index (χ2n) is 4.73. The van der Waals surface area contributed by atoms with Gasteiger partial charge in [0.2, 0.25) is 0 Å². The maximum atomic E-state index is 12.5. The minimum Gasteiger partial charge on any atom is -0.311 e. The van der Waals surface area contributed by atoms with Gasteiger partial charge in [-0.1, -0.05) is 76.2 Å². The Labute approximate surface area is 155 Å². The molecule has 3 heteroatoms. The van der Waals surface area contributed by atoms with Crippen LogP contribution in [0.3, 0.4) is 0 Å². The van der Waals surface area contributed by atoms with Crippen molar-refractivity contribution in [3.8, 4) is 10.4 Å². The first-order valence-electron chi connectivity index (χ1n) is 8.74. The van der Waals surface area contributed by atoms with E-state index in [9.17, 15) is 4.79 Å². The molecule has 0 saturated heterocycles. The van der Waals surface area contributed by atoms with E-state index in [4.69, 9.17) is 0 Å². The lowest BCUT2D eigenvalue weighted by molar-refractivity contribution is 0.0997. The molecular weight excluding hydrogens is 326 g/mol. The van der Waals surface area contributed by atoms with Gasteiger partial charge in [-0.2, -0.15) is 0 Å². The van der Waals surface area contributed by atoms with Gasteiger partial charge < -0.3 is 4.90 Å².